The molecule has 0 aliphatic heterocycles. The van der Waals surface area contributed by atoms with Crippen molar-refractivity contribution in [3.8, 4) is 11.5 Å². The van der Waals surface area contributed by atoms with Crippen molar-refractivity contribution in [3.05, 3.63) is 89.9 Å². The number of benzene rings is 3. The maximum atomic E-state index is 12.7. The summed E-state index contributed by atoms with van der Waals surface area (Å²) in [5.41, 5.74) is 3.37. The van der Waals surface area contributed by atoms with Gasteiger partial charge in [-0.1, -0.05) is 61.5 Å². The molecular formula is C25H21N3O2. The average Bonchev–Trinajstić information content (AvgIpc) is 3.38. The van der Waals surface area contributed by atoms with Gasteiger partial charge in [-0.25, -0.2) is 4.98 Å². The molecule has 0 aliphatic rings. The number of aromatic nitrogens is 3. The van der Waals surface area contributed by atoms with Crippen molar-refractivity contribution < 1.29 is 9.21 Å². The Morgan fingerprint density at radius 1 is 1.00 bits per heavy atom. The molecule has 148 valence electrons. The highest BCUT2D eigenvalue weighted by Gasteiger charge is 2.13. The fourth-order valence-corrected chi connectivity index (χ4v) is 3.81. The lowest BCUT2D eigenvalue weighted by atomic mass is 9.98. The Bertz CT molecular complexity index is 1340. The smallest absolute Gasteiger partial charge is 0.246 e. The summed E-state index contributed by atoms with van der Waals surface area (Å²) in [4.78, 5) is 17.0. The monoisotopic (exact) mass is 395 g/mol. The summed E-state index contributed by atoms with van der Waals surface area (Å²) in [6.07, 6.45) is 3.66. The number of fused-ring (bicyclic) bond motifs is 2. The first-order valence-corrected chi connectivity index (χ1v) is 10.2. The summed E-state index contributed by atoms with van der Waals surface area (Å²) in [5, 5.41) is 6.91. The van der Waals surface area contributed by atoms with Gasteiger partial charge in [0.2, 0.25) is 11.6 Å². The molecule has 0 saturated carbocycles. The van der Waals surface area contributed by atoms with Crippen LogP contribution in [-0.2, 0) is 12.8 Å². The maximum Gasteiger partial charge on any atom is 0.246 e. The average molecular weight is 395 g/mol. The van der Waals surface area contributed by atoms with Gasteiger partial charge in [0, 0.05) is 24.0 Å². The van der Waals surface area contributed by atoms with Crippen molar-refractivity contribution in [2.24, 2.45) is 0 Å². The number of ketones is 1. The lowest BCUT2D eigenvalue weighted by molar-refractivity contribution is 0.0983. The molecule has 5 heteroatoms. The standard InChI is InChI=1S/C25H21N3O2/c1-2-23-26-16-24-28(23)27-25(30-24)20-12-10-19(11-13-20)22(29)15-14-18-8-5-7-17-6-3-4-9-21(17)18/h3-13,16H,2,14-15H2,1H3. The van der Waals surface area contributed by atoms with Crippen molar-refractivity contribution >= 4 is 22.3 Å². The van der Waals surface area contributed by atoms with Crippen LogP contribution in [-0.4, -0.2) is 20.4 Å². The Morgan fingerprint density at radius 3 is 2.63 bits per heavy atom. The van der Waals surface area contributed by atoms with Gasteiger partial charge < -0.3 is 4.42 Å². The molecule has 2 heterocycles. The fourth-order valence-electron chi connectivity index (χ4n) is 3.81. The van der Waals surface area contributed by atoms with Gasteiger partial charge >= 0.3 is 0 Å². The zero-order valence-corrected chi connectivity index (χ0v) is 16.7. The van der Waals surface area contributed by atoms with Crippen LogP contribution in [0.2, 0.25) is 0 Å². The lowest BCUT2D eigenvalue weighted by Gasteiger charge is -2.06. The van der Waals surface area contributed by atoms with E-state index in [1.54, 1.807) is 10.7 Å². The third-order valence-corrected chi connectivity index (χ3v) is 5.44. The number of rotatable bonds is 6. The third-order valence-electron chi connectivity index (χ3n) is 5.44. The second-order valence-electron chi connectivity index (χ2n) is 7.32. The van der Waals surface area contributed by atoms with Crippen LogP contribution in [0.4, 0.5) is 0 Å². The maximum absolute atomic E-state index is 12.7. The molecule has 0 fully saturated rings. The molecule has 0 spiro atoms. The number of carbonyl (C=O) groups excluding carboxylic acids is 1. The Kier molecular flexibility index (Phi) is 4.64. The summed E-state index contributed by atoms with van der Waals surface area (Å²) >= 11 is 0. The van der Waals surface area contributed by atoms with Crippen LogP contribution in [0.25, 0.3) is 27.9 Å². The lowest BCUT2D eigenvalue weighted by Crippen LogP contribution is -2.01. The Hall–Kier alpha value is -3.73. The van der Waals surface area contributed by atoms with Gasteiger partial charge in [-0.15, -0.1) is 5.10 Å². The third kappa shape index (κ3) is 3.28. The number of imidazole rings is 1. The second kappa shape index (κ2) is 7.59. The van der Waals surface area contributed by atoms with Crippen molar-refractivity contribution in [3.63, 3.8) is 0 Å². The molecule has 0 saturated heterocycles. The Morgan fingerprint density at radius 2 is 1.80 bits per heavy atom. The zero-order valence-electron chi connectivity index (χ0n) is 16.7. The highest BCUT2D eigenvalue weighted by molar-refractivity contribution is 5.97. The van der Waals surface area contributed by atoms with E-state index in [0.717, 1.165) is 24.2 Å². The molecule has 0 N–H and O–H groups in total. The molecule has 30 heavy (non-hydrogen) atoms. The van der Waals surface area contributed by atoms with Gasteiger partial charge in [-0.2, -0.15) is 4.52 Å². The van der Waals surface area contributed by atoms with Gasteiger partial charge in [-0.3, -0.25) is 4.79 Å². The highest BCUT2D eigenvalue weighted by atomic mass is 16.4. The Balaban J connectivity index is 1.32. The van der Waals surface area contributed by atoms with Gasteiger partial charge in [0.05, 0.1) is 6.20 Å². The molecule has 0 unspecified atom stereocenters. The van der Waals surface area contributed by atoms with Crippen molar-refractivity contribution in [2.45, 2.75) is 26.2 Å². The minimum absolute atomic E-state index is 0.132. The quantitative estimate of drug-likeness (QED) is 0.355. The van der Waals surface area contributed by atoms with Gasteiger partial charge in [0.1, 0.15) is 5.82 Å². The van der Waals surface area contributed by atoms with E-state index in [-0.39, 0.29) is 5.78 Å². The van der Waals surface area contributed by atoms with E-state index in [1.165, 1.54) is 16.3 Å². The predicted octanol–water partition coefficient (Wildman–Crippen LogP) is 5.52. The number of nitrogens with zero attached hydrogens (tertiary/aromatic N) is 3. The van der Waals surface area contributed by atoms with E-state index >= 15 is 0 Å². The summed E-state index contributed by atoms with van der Waals surface area (Å²) in [7, 11) is 0. The van der Waals surface area contributed by atoms with Crippen LogP contribution >= 0.6 is 0 Å². The summed E-state index contributed by atoms with van der Waals surface area (Å²) in [5.74, 6) is 1.52. The largest absolute Gasteiger partial charge is 0.417 e. The molecule has 5 nitrogen and oxygen atoms in total. The molecule has 0 aliphatic carbocycles. The number of Topliss-reactive ketones (excluding diaryl/α,β-unsaturated/α-hetero) is 1. The molecule has 0 radical (unpaired) electrons. The summed E-state index contributed by atoms with van der Waals surface area (Å²) in [6.45, 7) is 2.03. The first kappa shape index (κ1) is 18.3. The van der Waals surface area contributed by atoms with Crippen LogP contribution in [0.15, 0.2) is 77.3 Å². The Labute approximate surface area is 174 Å². The number of hydrogen-bond donors (Lipinski definition) is 0. The van der Waals surface area contributed by atoms with Crippen LogP contribution in [0, 0.1) is 0 Å². The van der Waals surface area contributed by atoms with Gasteiger partial charge in [0.25, 0.3) is 0 Å². The first-order valence-electron chi connectivity index (χ1n) is 10.2. The minimum atomic E-state index is 0.132. The molecule has 3 aromatic carbocycles. The summed E-state index contributed by atoms with van der Waals surface area (Å²) in [6, 6.07) is 22.0. The molecule has 0 bridgehead atoms. The molecular weight excluding hydrogens is 374 g/mol. The van der Waals surface area contributed by atoms with Gasteiger partial charge in [-0.05, 0) is 34.9 Å². The summed E-state index contributed by atoms with van der Waals surface area (Å²) < 4.78 is 7.51. The van der Waals surface area contributed by atoms with E-state index in [1.807, 2.05) is 43.3 Å². The van der Waals surface area contributed by atoms with E-state index in [9.17, 15) is 4.79 Å². The van der Waals surface area contributed by atoms with Crippen LogP contribution in [0.5, 0.6) is 0 Å². The number of aryl methyl sites for hydroxylation is 2. The van der Waals surface area contributed by atoms with Crippen molar-refractivity contribution in [2.75, 3.05) is 0 Å². The van der Waals surface area contributed by atoms with E-state index in [4.69, 9.17) is 4.42 Å². The molecule has 5 aromatic rings. The van der Waals surface area contributed by atoms with Crippen molar-refractivity contribution in [1.29, 1.82) is 0 Å². The second-order valence-corrected chi connectivity index (χ2v) is 7.32. The van der Waals surface area contributed by atoms with Gasteiger partial charge in [0.15, 0.2) is 5.78 Å². The van der Waals surface area contributed by atoms with Crippen LogP contribution in [0.3, 0.4) is 0 Å². The molecule has 0 atom stereocenters. The SMILES string of the molecule is CCc1ncc2oc(-c3ccc(C(=O)CCc4cccc5ccccc45)cc3)nn12. The molecule has 2 aromatic heterocycles. The van der Waals surface area contributed by atoms with E-state index in [2.05, 4.69) is 40.4 Å². The van der Waals surface area contributed by atoms with Crippen molar-refractivity contribution in [1.82, 2.24) is 14.6 Å². The van der Waals surface area contributed by atoms with Crippen LogP contribution < -0.4 is 0 Å². The predicted molar refractivity (Wildman–Crippen MR) is 117 cm³/mol. The van der Waals surface area contributed by atoms with E-state index in [0.29, 0.717) is 23.6 Å². The van der Waals surface area contributed by atoms with Crippen LogP contribution in [0.1, 0.15) is 35.1 Å². The molecule has 0 amide bonds. The fraction of sp³-hybridized carbons (Fsp3) is 0.160. The highest BCUT2D eigenvalue weighted by Crippen LogP contribution is 2.23. The number of hydrogen-bond acceptors (Lipinski definition) is 4. The topological polar surface area (TPSA) is 60.4 Å². The zero-order chi connectivity index (χ0) is 20.5. The first-order chi connectivity index (χ1) is 14.7. The normalized spacial score (nSPS) is 11.4. The van der Waals surface area contributed by atoms with E-state index < -0.39 is 0 Å². The minimum Gasteiger partial charge on any atom is -0.417 e. The molecule has 5 rings (SSSR count). The number of carbonyl (C=O) groups is 1.